The van der Waals surface area contributed by atoms with Gasteiger partial charge in [0.15, 0.2) is 5.96 Å². The van der Waals surface area contributed by atoms with E-state index >= 15 is 0 Å². The normalized spacial score (nSPS) is 15.2. The van der Waals surface area contributed by atoms with Crippen molar-refractivity contribution >= 4 is 35.8 Å². The van der Waals surface area contributed by atoms with E-state index in [1.165, 1.54) is 17.5 Å². The summed E-state index contributed by atoms with van der Waals surface area (Å²) in [6, 6.07) is 8.82. The van der Waals surface area contributed by atoms with Gasteiger partial charge >= 0.3 is 0 Å². The summed E-state index contributed by atoms with van der Waals surface area (Å²) in [5.41, 5.74) is 2.35. The number of hydrogen-bond acceptors (Lipinski definition) is 3. The predicted molar refractivity (Wildman–Crippen MR) is 141 cm³/mol. The molecule has 2 rings (SSSR count). The van der Waals surface area contributed by atoms with Crippen LogP contribution in [-0.4, -0.2) is 60.4 Å². The Morgan fingerprint density at radius 3 is 2.61 bits per heavy atom. The molecule has 1 heterocycles. The number of benzene rings is 1. The molecule has 31 heavy (non-hydrogen) atoms. The number of aliphatic imine (C=N–C) groups is 1. The van der Waals surface area contributed by atoms with Crippen molar-refractivity contribution in [2.75, 3.05) is 32.7 Å². The Morgan fingerprint density at radius 1 is 1.23 bits per heavy atom. The molecule has 176 valence electrons. The number of rotatable bonds is 12. The Labute approximate surface area is 206 Å². The first-order chi connectivity index (χ1) is 14.5. The van der Waals surface area contributed by atoms with E-state index in [2.05, 4.69) is 67.5 Å². The quantitative estimate of drug-likeness (QED) is 0.238. The van der Waals surface area contributed by atoms with Crippen molar-refractivity contribution in [3.8, 4) is 0 Å². The molecule has 7 heteroatoms. The molecule has 1 atom stereocenters. The summed E-state index contributed by atoms with van der Waals surface area (Å²) in [5.74, 6) is 1.14. The van der Waals surface area contributed by atoms with Gasteiger partial charge in [-0.1, -0.05) is 38.1 Å². The van der Waals surface area contributed by atoms with Gasteiger partial charge in [0.2, 0.25) is 5.91 Å². The molecule has 2 N–H and O–H groups in total. The number of carbonyl (C=O) groups excluding carboxylic acids is 1. The molecule has 0 radical (unpaired) electrons. The minimum atomic E-state index is 0. The fourth-order valence-electron chi connectivity index (χ4n) is 3.87. The number of carbonyl (C=O) groups is 1. The van der Waals surface area contributed by atoms with E-state index in [1.807, 2.05) is 4.90 Å². The molecule has 0 saturated carbocycles. The molecular weight excluding hydrogens is 501 g/mol. The second-order valence-electron chi connectivity index (χ2n) is 8.15. The van der Waals surface area contributed by atoms with Crippen LogP contribution in [0.25, 0.3) is 0 Å². The summed E-state index contributed by atoms with van der Waals surface area (Å²) in [6.45, 7) is 15.2. The monoisotopic (exact) mass is 543 g/mol. The Morgan fingerprint density at radius 2 is 1.97 bits per heavy atom. The van der Waals surface area contributed by atoms with Crippen molar-refractivity contribution < 1.29 is 4.79 Å². The van der Waals surface area contributed by atoms with Crippen LogP contribution in [0.4, 0.5) is 0 Å². The molecule has 1 aromatic rings. The number of guanidine groups is 1. The van der Waals surface area contributed by atoms with Gasteiger partial charge in [0, 0.05) is 32.1 Å². The van der Waals surface area contributed by atoms with E-state index in [-0.39, 0.29) is 29.9 Å². The number of likely N-dealkylation sites (tertiary alicyclic amines) is 1. The number of nitrogens with zero attached hydrogens (tertiary/aromatic N) is 3. The van der Waals surface area contributed by atoms with Crippen LogP contribution in [0.2, 0.25) is 0 Å². The van der Waals surface area contributed by atoms with Gasteiger partial charge < -0.3 is 20.4 Å². The molecule has 1 amide bonds. The van der Waals surface area contributed by atoms with Crippen LogP contribution < -0.4 is 10.6 Å². The molecule has 1 aliphatic heterocycles. The first kappa shape index (κ1) is 27.7. The highest BCUT2D eigenvalue weighted by atomic mass is 127. The molecule has 1 aromatic carbocycles. The second-order valence-corrected chi connectivity index (χ2v) is 8.15. The van der Waals surface area contributed by atoms with Gasteiger partial charge in [-0.3, -0.25) is 4.79 Å². The zero-order valence-electron chi connectivity index (χ0n) is 19.8. The Bertz CT molecular complexity index is 678. The Balaban J connectivity index is 0.00000480. The number of amides is 1. The average molecular weight is 544 g/mol. The summed E-state index contributed by atoms with van der Waals surface area (Å²) in [7, 11) is 0. The van der Waals surface area contributed by atoms with Crippen LogP contribution in [-0.2, 0) is 17.9 Å². The van der Waals surface area contributed by atoms with Crippen LogP contribution >= 0.6 is 24.0 Å². The Hall–Kier alpha value is -1.35. The van der Waals surface area contributed by atoms with Crippen molar-refractivity contribution in [3.05, 3.63) is 35.4 Å². The molecule has 1 fully saturated rings. The average Bonchev–Trinajstić information content (AvgIpc) is 3.14. The van der Waals surface area contributed by atoms with Crippen LogP contribution in [0.1, 0.15) is 64.5 Å². The number of hydrogen-bond donors (Lipinski definition) is 2. The van der Waals surface area contributed by atoms with Gasteiger partial charge in [0.05, 0.1) is 6.54 Å². The first-order valence-electron chi connectivity index (χ1n) is 11.7. The maximum absolute atomic E-state index is 11.9. The molecule has 1 saturated heterocycles. The largest absolute Gasteiger partial charge is 0.357 e. The lowest BCUT2D eigenvalue weighted by Gasteiger charge is -2.21. The zero-order chi connectivity index (χ0) is 21.8. The third kappa shape index (κ3) is 10.2. The molecule has 1 aliphatic rings. The van der Waals surface area contributed by atoms with Gasteiger partial charge in [-0.2, -0.15) is 0 Å². The van der Waals surface area contributed by atoms with Crippen LogP contribution in [0, 0.1) is 0 Å². The van der Waals surface area contributed by atoms with E-state index in [4.69, 9.17) is 4.99 Å². The Kier molecular flexibility index (Phi) is 13.8. The summed E-state index contributed by atoms with van der Waals surface area (Å²) < 4.78 is 0. The highest BCUT2D eigenvalue weighted by Gasteiger charge is 2.19. The fourth-order valence-corrected chi connectivity index (χ4v) is 3.87. The molecule has 6 nitrogen and oxygen atoms in total. The lowest BCUT2D eigenvalue weighted by Crippen LogP contribution is -2.42. The van der Waals surface area contributed by atoms with Gasteiger partial charge in [-0.15, -0.1) is 24.0 Å². The van der Waals surface area contributed by atoms with Gasteiger partial charge in [0.25, 0.3) is 0 Å². The van der Waals surface area contributed by atoms with Crippen molar-refractivity contribution in [1.82, 2.24) is 20.4 Å². The third-order valence-electron chi connectivity index (χ3n) is 5.69. The van der Waals surface area contributed by atoms with Crippen LogP contribution in [0.5, 0.6) is 0 Å². The highest BCUT2D eigenvalue weighted by molar-refractivity contribution is 14.0. The van der Waals surface area contributed by atoms with Crippen LogP contribution in [0.3, 0.4) is 0 Å². The predicted octanol–water partition coefficient (Wildman–Crippen LogP) is 3.99. The molecule has 0 aliphatic carbocycles. The maximum atomic E-state index is 11.9. The second kappa shape index (κ2) is 15.5. The number of nitrogens with one attached hydrogen (secondary N) is 2. The summed E-state index contributed by atoms with van der Waals surface area (Å²) in [4.78, 5) is 21.1. The molecule has 0 spiro atoms. The minimum absolute atomic E-state index is 0. The number of halogens is 1. The maximum Gasteiger partial charge on any atom is 0.222 e. The topological polar surface area (TPSA) is 60.0 Å². The molecule has 1 unspecified atom stereocenters. The minimum Gasteiger partial charge on any atom is -0.357 e. The van der Waals surface area contributed by atoms with Gasteiger partial charge in [-0.25, -0.2) is 4.99 Å². The van der Waals surface area contributed by atoms with Crippen molar-refractivity contribution in [2.24, 2.45) is 4.99 Å². The zero-order valence-corrected chi connectivity index (χ0v) is 22.2. The van der Waals surface area contributed by atoms with Gasteiger partial charge in [-0.05, 0) is 63.9 Å². The summed E-state index contributed by atoms with van der Waals surface area (Å²) >= 11 is 0. The highest BCUT2D eigenvalue weighted by Crippen LogP contribution is 2.15. The van der Waals surface area contributed by atoms with E-state index in [1.54, 1.807) is 0 Å². The van der Waals surface area contributed by atoms with E-state index in [9.17, 15) is 4.79 Å². The summed E-state index contributed by atoms with van der Waals surface area (Å²) in [6.07, 6.45) is 3.98. The molecular formula is C24H42IN5O. The van der Waals surface area contributed by atoms with Gasteiger partial charge in [0.1, 0.15) is 0 Å². The van der Waals surface area contributed by atoms with E-state index in [0.717, 1.165) is 51.5 Å². The SMILES string of the molecule is CCNC(=NCc1cccc(CN2CCCC2=O)c1)NC(C)CCCN(CC)CC.I. The van der Waals surface area contributed by atoms with E-state index < -0.39 is 0 Å². The third-order valence-corrected chi connectivity index (χ3v) is 5.69. The van der Waals surface area contributed by atoms with Crippen molar-refractivity contribution in [2.45, 2.75) is 72.5 Å². The van der Waals surface area contributed by atoms with Crippen molar-refractivity contribution in [3.63, 3.8) is 0 Å². The smallest absolute Gasteiger partial charge is 0.222 e. The lowest BCUT2D eigenvalue weighted by molar-refractivity contribution is -0.128. The van der Waals surface area contributed by atoms with Crippen LogP contribution in [0.15, 0.2) is 29.3 Å². The lowest BCUT2D eigenvalue weighted by atomic mass is 10.1. The summed E-state index contributed by atoms with van der Waals surface area (Å²) in [5, 5.41) is 6.90. The standard InChI is InChI=1S/C24H41N5O.HI/c1-5-25-24(27-20(4)11-9-15-28(6-2)7-3)26-18-21-12-8-13-22(17-21)19-29-16-10-14-23(29)30;/h8,12-13,17,20H,5-7,9-11,14-16,18-19H2,1-4H3,(H2,25,26,27);1H. The molecule has 0 aromatic heterocycles. The fraction of sp³-hybridized carbons (Fsp3) is 0.667. The van der Waals surface area contributed by atoms with E-state index in [0.29, 0.717) is 25.6 Å². The van der Waals surface area contributed by atoms with Crippen molar-refractivity contribution in [1.29, 1.82) is 0 Å². The molecule has 0 bridgehead atoms. The first-order valence-corrected chi connectivity index (χ1v) is 11.7.